The number of rotatable bonds is 7. The lowest BCUT2D eigenvalue weighted by molar-refractivity contribution is 0.171. The van der Waals surface area contributed by atoms with Crippen LogP contribution in [0.25, 0.3) is 10.9 Å². The van der Waals surface area contributed by atoms with Gasteiger partial charge >= 0.3 is 0 Å². The molecule has 1 atom stereocenters. The molecule has 5 heteroatoms. The van der Waals surface area contributed by atoms with Gasteiger partial charge in [-0.25, -0.2) is 0 Å². The van der Waals surface area contributed by atoms with Crippen molar-refractivity contribution in [3.8, 4) is 0 Å². The van der Waals surface area contributed by atoms with Gasteiger partial charge in [-0.2, -0.15) is 0 Å². The van der Waals surface area contributed by atoms with Gasteiger partial charge in [0.1, 0.15) is 0 Å². The SMILES string of the molecule is COCC(C)NCc1cc2cc(C)ccc2n(Cc2ccccc2Cl)c1=O. The van der Waals surface area contributed by atoms with Crippen LogP contribution in [0.15, 0.2) is 53.3 Å². The van der Waals surface area contributed by atoms with Crippen LogP contribution < -0.4 is 10.9 Å². The van der Waals surface area contributed by atoms with E-state index >= 15 is 0 Å². The van der Waals surface area contributed by atoms with Crippen LogP contribution in [-0.2, 0) is 17.8 Å². The smallest absolute Gasteiger partial charge is 0.255 e. The number of methoxy groups -OCH3 is 1. The molecule has 1 heterocycles. The minimum absolute atomic E-state index is 0.00314. The van der Waals surface area contributed by atoms with Gasteiger partial charge in [-0.15, -0.1) is 0 Å². The highest BCUT2D eigenvalue weighted by molar-refractivity contribution is 6.31. The van der Waals surface area contributed by atoms with Crippen molar-refractivity contribution in [3.05, 3.63) is 80.6 Å². The summed E-state index contributed by atoms with van der Waals surface area (Å²) in [6.45, 7) is 5.63. The monoisotopic (exact) mass is 384 g/mol. The maximum absolute atomic E-state index is 13.2. The number of aryl methyl sites for hydroxylation is 1. The third-order valence-corrected chi connectivity index (χ3v) is 5.04. The molecule has 0 radical (unpaired) electrons. The molecule has 0 bridgehead atoms. The largest absolute Gasteiger partial charge is 0.383 e. The van der Waals surface area contributed by atoms with E-state index in [-0.39, 0.29) is 11.6 Å². The second-order valence-corrected chi connectivity index (χ2v) is 7.36. The second-order valence-electron chi connectivity index (χ2n) is 6.95. The number of hydrogen-bond acceptors (Lipinski definition) is 3. The normalized spacial score (nSPS) is 12.4. The van der Waals surface area contributed by atoms with E-state index in [1.165, 1.54) is 0 Å². The number of aromatic nitrogens is 1. The van der Waals surface area contributed by atoms with Crippen LogP contribution in [0.5, 0.6) is 0 Å². The molecule has 0 aliphatic carbocycles. The molecule has 0 aliphatic heterocycles. The van der Waals surface area contributed by atoms with Crippen molar-refractivity contribution in [1.82, 2.24) is 9.88 Å². The average Bonchev–Trinajstić information content (AvgIpc) is 2.64. The van der Waals surface area contributed by atoms with Gasteiger partial charge in [0.2, 0.25) is 0 Å². The number of ether oxygens (including phenoxy) is 1. The Bertz CT molecular complexity index is 997. The van der Waals surface area contributed by atoms with Gasteiger partial charge in [-0.3, -0.25) is 4.79 Å². The first-order valence-electron chi connectivity index (χ1n) is 9.08. The molecule has 0 spiro atoms. The van der Waals surface area contributed by atoms with Gasteiger partial charge in [-0.1, -0.05) is 41.4 Å². The molecule has 0 saturated carbocycles. The van der Waals surface area contributed by atoms with Crippen LogP contribution in [0.1, 0.15) is 23.6 Å². The van der Waals surface area contributed by atoms with E-state index in [0.29, 0.717) is 24.7 Å². The molecule has 2 aromatic carbocycles. The van der Waals surface area contributed by atoms with Crippen LogP contribution in [0, 0.1) is 6.92 Å². The van der Waals surface area contributed by atoms with Crippen molar-refractivity contribution in [2.24, 2.45) is 0 Å². The van der Waals surface area contributed by atoms with Crippen LogP contribution in [0.4, 0.5) is 0 Å². The van der Waals surface area contributed by atoms with E-state index in [2.05, 4.69) is 18.3 Å². The summed E-state index contributed by atoms with van der Waals surface area (Å²) < 4.78 is 6.98. The molecule has 3 aromatic rings. The Morgan fingerprint density at radius 1 is 1.15 bits per heavy atom. The van der Waals surface area contributed by atoms with Crippen molar-refractivity contribution < 1.29 is 4.74 Å². The summed E-state index contributed by atoms with van der Waals surface area (Å²) in [5.41, 5.74) is 3.75. The van der Waals surface area contributed by atoms with E-state index in [0.717, 1.165) is 27.6 Å². The summed E-state index contributed by atoms with van der Waals surface area (Å²) in [4.78, 5) is 13.2. The lowest BCUT2D eigenvalue weighted by atomic mass is 10.1. The number of benzene rings is 2. The fourth-order valence-corrected chi connectivity index (χ4v) is 3.44. The highest BCUT2D eigenvalue weighted by Gasteiger charge is 2.12. The predicted molar refractivity (Wildman–Crippen MR) is 112 cm³/mol. The second kappa shape index (κ2) is 8.70. The van der Waals surface area contributed by atoms with E-state index in [1.54, 1.807) is 7.11 Å². The quantitative estimate of drug-likeness (QED) is 0.665. The van der Waals surface area contributed by atoms with Gasteiger partial charge in [0.25, 0.3) is 5.56 Å². The van der Waals surface area contributed by atoms with Gasteiger partial charge < -0.3 is 14.6 Å². The third kappa shape index (κ3) is 4.59. The molecule has 1 aromatic heterocycles. The molecule has 0 amide bonds. The summed E-state index contributed by atoms with van der Waals surface area (Å²) in [5, 5.41) is 5.08. The number of nitrogens with one attached hydrogen (secondary N) is 1. The zero-order valence-electron chi connectivity index (χ0n) is 16.0. The molecule has 4 nitrogen and oxygen atoms in total. The van der Waals surface area contributed by atoms with E-state index in [4.69, 9.17) is 16.3 Å². The van der Waals surface area contributed by atoms with Crippen LogP contribution in [0.2, 0.25) is 5.02 Å². The minimum atomic E-state index is 0.00314. The molecule has 0 saturated heterocycles. The zero-order chi connectivity index (χ0) is 19.4. The molecular weight excluding hydrogens is 360 g/mol. The molecular formula is C22H25ClN2O2. The van der Waals surface area contributed by atoms with Gasteiger partial charge in [0.15, 0.2) is 0 Å². The number of fused-ring (bicyclic) bond motifs is 1. The molecule has 1 unspecified atom stereocenters. The number of hydrogen-bond donors (Lipinski definition) is 1. The lowest BCUT2D eigenvalue weighted by Gasteiger charge is -2.16. The maximum Gasteiger partial charge on any atom is 0.255 e. The van der Waals surface area contributed by atoms with Crippen LogP contribution >= 0.6 is 11.6 Å². The Kier molecular flexibility index (Phi) is 6.32. The van der Waals surface area contributed by atoms with Crippen molar-refractivity contribution in [1.29, 1.82) is 0 Å². The molecule has 142 valence electrons. The first-order valence-corrected chi connectivity index (χ1v) is 9.46. The molecule has 1 N–H and O–H groups in total. The molecule has 0 fully saturated rings. The summed E-state index contributed by atoms with van der Waals surface area (Å²) in [6, 6.07) is 16.0. The summed E-state index contributed by atoms with van der Waals surface area (Å²) in [6.07, 6.45) is 0. The highest BCUT2D eigenvalue weighted by Crippen LogP contribution is 2.20. The van der Waals surface area contributed by atoms with Crippen molar-refractivity contribution in [2.75, 3.05) is 13.7 Å². The van der Waals surface area contributed by atoms with Crippen molar-refractivity contribution >= 4 is 22.5 Å². The zero-order valence-corrected chi connectivity index (χ0v) is 16.7. The number of nitrogens with zero attached hydrogens (tertiary/aromatic N) is 1. The molecule has 27 heavy (non-hydrogen) atoms. The molecule has 0 aliphatic rings. The van der Waals surface area contributed by atoms with Crippen molar-refractivity contribution in [2.45, 2.75) is 33.0 Å². The fourth-order valence-electron chi connectivity index (χ4n) is 3.24. The Morgan fingerprint density at radius 3 is 2.67 bits per heavy atom. The molecule has 3 rings (SSSR count). The Labute approximate surface area is 164 Å². The summed E-state index contributed by atoms with van der Waals surface area (Å²) in [5.74, 6) is 0. The first-order chi connectivity index (χ1) is 13.0. The van der Waals surface area contributed by atoms with Gasteiger partial charge in [0, 0.05) is 30.3 Å². The fraction of sp³-hybridized carbons (Fsp3) is 0.318. The maximum atomic E-state index is 13.2. The number of halogens is 1. The Morgan fingerprint density at radius 2 is 1.93 bits per heavy atom. The van der Waals surface area contributed by atoms with Gasteiger partial charge in [0.05, 0.1) is 18.7 Å². The Balaban J connectivity index is 2.05. The third-order valence-electron chi connectivity index (χ3n) is 4.67. The summed E-state index contributed by atoms with van der Waals surface area (Å²) >= 11 is 6.34. The van der Waals surface area contributed by atoms with E-state index in [1.807, 2.05) is 54.0 Å². The standard InChI is InChI=1S/C22H25ClN2O2/c1-15-8-9-21-18(10-15)11-19(12-24-16(2)14-27-3)22(26)25(21)13-17-6-4-5-7-20(17)23/h4-11,16,24H,12-14H2,1-3H3. The van der Waals surface area contributed by atoms with Crippen LogP contribution in [0.3, 0.4) is 0 Å². The van der Waals surface area contributed by atoms with E-state index in [9.17, 15) is 4.79 Å². The first kappa shape index (κ1) is 19.6. The van der Waals surface area contributed by atoms with E-state index < -0.39 is 0 Å². The highest BCUT2D eigenvalue weighted by atomic mass is 35.5. The van der Waals surface area contributed by atoms with Crippen LogP contribution in [-0.4, -0.2) is 24.3 Å². The number of pyridine rings is 1. The summed E-state index contributed by atoms with van der Waals surface area (Å²) in [7, 11) is 1.67. The topological polar surface area (TPSA) is 43.3 Å². The Hall–Kier alpha value is -2.14. The lowest BCUT2D eigenvalue weighted by Crippen LogP contribution is -2.33. The predicted octanol–water partition coefficient (Wildman–Crippen LogP) is 4.14. The minimum Gasteiger partial charge on any atom is -0.383 e. The van der Waals surface area contributed by atoms with Crippen molar-refractivity contribution in [3.63, 3.8) is 0 Å². The van der Waals surface area contributed by atoms with Gasteiger partial charge in [-0.05, 0) is 49.1 Å². The average molecular weight is 385 g/mol.